The normalized spacial score (nSPS) is 10.7. The Bertz CT molecular complexity index is 483. The molecule has 0 radical (unpaired) electrons. The summed E-state index contributed by atoms with van der Waals surface area (Å²) < 4.78 is 1.51. The summed E-state index contributed by atoms with van der Waals surface area (Å²) in [7, 11) is 0. The molecule has 0 aliphatic carbocycles. The highest BCUT2D eigenvalue weighted by Crippen LogP contribution is 2.28. The number of nitrogens with zero attached hydrogens (tertiary/aromatic N) is 3. The molecule has 0 unspecified atom stereocenters. The summed E-state index contributed by atoms with van der Waals surface area (Å²) in [5, 5.41) is 33.9. The maximum atomic E-state index is 9.12. The van der Waals surface area contributed by atoms with Gasteiger partial charge >= 0.3 is 0 Å². The van der Waals surface area contributed by atoms with Crippen molar-refractivity contribution in [3.63, 3.8) is 0 Å². The van der Waals surface area contributed by atoms with Crippen molar-refractivity contribution in [2.45, 2.75) is 0 Å². The van der Waals surface area contributed by atoms with E-state index in [2.05, 4.69) is 10.4 Å². The van der Waals surface area contributed by atoms with Crippen LogP contribution >= 0.6 is 0 Å². The molecule has 2 rings (SSSR count). The fraction of sp³-hybridized carbons (Fsp3) is 0.222. The Kier molecular flexibility index (Phi) is 2.91. The van der Waals surface area contributed by atoms with Crippen molar-refractivity contribution in [3.8, 4) is 0 Å². The molecule has 0 fully saturated rings. The van der Waals surface area contributed by atoms with Gasteiger partial charge in [0.2, 0.25) is 0 Å². The predicted molar refractivity (Wildman–Crippen MR) is 56.8 cm³/mol. The standard InChI is InChI=1S/C9H12N4O3/c14-6-4-10-9-8(13(15)16)7-3-1-2-5-12(7)11-9/h1-3,5,14-16H,4,6H2,(H,10,11). The van der Waals surface area contributed by atoms with Gasteiger partial charge in [-0.25, -0.2) is 4.52 Å². The monoisotopic (exact) mass is 224 g/mol. The summed E-state index contributed by atoms with van der Waals surface area (Å²) in [6.07, 6.45) is 1.69. The lowest BCUT2D eigenvalue weighted by Gasteiger charge is -2.08. The molecule has 86 valence electrons. The van der Waals surface area contributed by atoms with Crippen LogP contribution in [0.4, 0.5) is 11.5 Å². The van der Waals surface area contributed by atoms with Gasteiger partial charge < -0.3 is 10.4 Å². The van der Waals surface area contributed by atoms with E-state index in [1.54, 1.807) is 24.4 Å². The second kappa shape index (κ2) is 4.35. The Hall–Kier alpha value is -1.83. The van der Waals surface area contributed by atoms with Crippen LogP contribution in [0.5, 0.6) is 0 Å². The van der Waals surface area contributed by atoms with Crippen molar-refractivity contribution in [3.05, 3.63) is 24.4 Å². The minimum Gasteiger partial charge on any atom is -0.395 e. The Morgan fingerprint density at radius 1 is 1.38 bits per heavy atom. The highest BCUT2D eigenvalue weighted by molar-refractivity contribution is 5.82. The van der Waals surface area contributed by atoms with Crippen molar-refractivity contribution < 1.29 is 15.5 Å². The van der Waals surface area contributed by atoms with Gasteiger partial charge in [0.25, 0.3) is 0 Å². The molecule has 7 heteroatoms. The first-order chi connectivity index (χ1) is 7.74. The van der Waals surface area contributed by atoms with Crippen LogP contribution in [0.1, 0.15) is 0 Å². The van der Waals surface area contributed by atoms with E-state index in [9.17, 15) is 0 Å². The second-order valence-corrected chi connectivity index (χ2v) is 3.17. The van der Waals surface area contributed by atoms with Crippen LogP contribution in [0.25, 0.3) is 5.52 Å². The summed E-state index contributed by atoms with van der Waals surface area (Å²) in [5.74, 6) is 0.297. The number of hydrogen-bond donors (Lipinski definition) is 4. The number of fused-ring (bicyclic) bond motifs is 1. The van der Waals surface area contributed by atoms with Gasteiger partial charge in [0.05, 0.1) is 12.1 Å². The van der Waals surface area contributed by atoms with Crippen LogP contribution in [0.3, 0.4) is 0 Å². The molecule has 16 heavy (non-hydrogen) atoms. The number of aromatic nitrogens is 2. The zero-order valence-electron chi connectivity index (χ0n) is 8.41. The number of hydrogen-bond acceptors (Lipinski definition) is 6. The minimum absolute atomic E-state index is 0.0159. The lowest BCUT2D eigenvalue weighted by atomic mass is 10.3. The van der Waals surface area contributed by atoms with Crippen LogP contribution in [0.15, 0.2) is 24.4 Å². The molecule has 2 aromatic rings. The van der Waals surface area contributed by atoms with E-state index < -0.39 is 0 Å². The molecule has 0 saturated carbocycles. The molecule has 2 aromatic heterocycles. The second-order valence-electron chi connectivity index (χ2n) is 3.17. The van der Waals surface area contributed by atoms with Crippen LogP contribution in [0.2, 0.25) is 0 Å². The van der Waals surface area contributed by atoms with E-state index in [4.69, 9.17) is 15.5 Å². The van der Waals surface area contributed by atoms with Crippen molar-refractivity contribution in [1.82, 2.24) is 9.61 Å². The molecular formula is C9H12N4O3. The zero-order valence-corrected chi connectivity index (χ0v) is 8.41. The fourth-order valence-corrected chi connectivity index (χ4v) is 1.48. The minimum atomic E-state index is -0.0653. The van der Waals surface area contributed by atoms with E-state index in [-0.39, 0.29) is 24.1 Å². The van der Waals surface area contributed by atoms with Crippen molar-refractivity contribution in [2.24, 2.45) is 0 Å². The topological polar surface area (TPSA) is 93.3 Å². The van der Waals surface area contributed by atoms with Gasteiger partial charge in [-0.15, -0.1) is 10.3 Å². The average molecular weight is 224 g/mol. The quantitative estimate of drug-likeness (QED) is 0.559. The Balaban J connectivity index is 2.50. The number of rotatable bonds is 4. The van der Waals surface area contributed by atoms with E-state index in [1.807, 2.05) is 0 Å². The number of pyridine rings is 1. The van der Waals surface area contributed by atoms with Crippen molar-refractivity contribution >= 4 is 17.0 Å². The maximum Gasteiger partial charge on any atom is 0.178 e. The summed E-state index contributed by atoms with van der Waals surface area (Å²) in [5.41, 5.74) is 0.696. The maximum absolute atomic E-state index is 9.12. The van der Waals surface area contributed by atoms with E-state index in [0.717, 1.165) is 0 Å². The van der Waals surface area contributed by atoms with Gasteiger partial charge in [-0.3, -0.25) is 10.4 Å². The number of aliphatic hydroxyl groups is 1. The van der Waals surface area contributed by atoms with Crippen LogP contribution in [-0.4, -0.2) is 38.3 Å². The first-order valence-electron chi connectivity index (χ1n) is 4.74. The summed E-state index contributed by atoms with van der Waals surface area (Å²) in [4.78, 5) is 0. The van der Waals surface area contributed by atoms with E-state index >= 15 is 0 Å². The van der Waals surface area contributed by atoms with Gasteiger partial charge in [0.1, 0.15) is 0 Å². The highest BCUT2D eigenvalue weighted by atomic mass is 16.8. The van der Waals surface area contributed by atoms with Crippen LogP contribution in [-0.2, 0) is 0 Å². The third kappa shape index (κ3) is 1.78. The fourth-order valence-electron chi connectivity index (χ4n) is 1.48. The third-order valence-electron chi connectivity index (χ3n) is 2.12. The van der Waals surface area contributed by atoms with Crippen molar-refractivity contribution in [1.29, 1.82) is 0 Å². The third-order valence-corrected chi connectivity index (χ3v) is 2.12. The van der Waals surface area contributed by atoms with E-state index in [0.29, 0.717) is 11.3 Å². The molecule has 0 aliphatic rings. The molecule has 0 saturated heterocycles. The summed E-state index contributed by atoms with van der Waals surface area (Å²) in [6.45, 7) is 0.217. The summed E-state index contributed by atoms with van der Waals surface area (Å²) in [6, 6.07) is 5.24. The van der Waals surface area contributed by atoms with Gasteiger partial charge in [-0.05, 0) is 12.1 Å². The number of aliphatic hydroxyl groups excluding tert-OH is 1. The molecule has 0 amide bonds. The Morgan fingerprint density at radius 2 is 2.19 bits per heavy atom. The van der Waals surface area contributed by atoms with Gasteiger partial charge in [0.15, 0.2) is 11.5 Å². The molecule has 7 nitrogen and oxygen atoms in total. The Morgan fingerprint density at radius 3 is 2.88 bits per heavy atom. The molecule has 0 atom stereocenters. The molecule has 4 N–H and O–H groups in total. The first-order valence-corrected chi connectivity index (χ1v) is 4.74. The lowest BCUT2D eigenvalue weighted by Crippen LogP contribution is -2.14. The summed E-state index contributed by atoms with van der Waals surface area (Å²) >= 11 is 0. The molecule has 0 aliphatic heterocycles. The lowest BCUT2D eigenvalue weighted by molar-refractivity contribution is 0.0303. The van der Waals surface area contributed by atoms with Gasteiger partial charge in [-0.2, -0.15) is 0 Å². The van der Waals surface area contributed by atoms with Gasteiger partial charge in [0, 0.05) is 12.7 Å². The molecule has 0 spiro atoms. The SMILES string of the molecule is OCCNc1nn2ccccc2c1N(O)O. The average Bonchev–Trinajstić information content (AvgIpc) is 2.64. The molecule has 0 bridgehead atoms. The molecule has 2 heterocycles. The molecular weight excluding hydrogens is 212 g/mol. The van der Waals surface area contributed by atoms with Crippen LogP contribution < -0.4 is 10.5 Å². The molecule has 0 aromatic carbocycles. The van der Waals surface area contributed by atoms with Crippen LogP contribution in [0, 0.1) is 0 Å². The first kappa shape index (κ1) is 10.7. The predicted octanol–water partition coefficient (Wildman–Crippen LogP) is 0.323. The highest BCUT2D eigenvalue weighted by Gasteiger charge is 2.16. The van der Waals surface area contributed by atoms with Crippen molar-refractivity contribution in [2.75, 3.05) is 23.7 Å². The number of nitrogens with one attached hydrogen (secondary N) is 1. The van der Waals surface area contributed by atoms with Gasteiger partial charge in [-0.1, -0.05) is 6.07 Å². The number of anilines is 2. The zero-order chi connectivity index (χ0) is 11.5. The largest absolute Gasteiger partial charge is 0.395 e. The van der Waals surface area contributed by atoms with E-state index in [1.165, 1.54) is 4.52 Å². The smallest absolute Gasteiger partial charge is 0.178 e. The Labute approximate surface area is 91.1 Å².